The van der Waals surface area contributed by atoms with Gasteiger partial charge in [0.15, 0.2) is 11.5 Å². The summed E-state index contributed by atoms with van der Waals surface area (Å²) in [5.74, 6) is 1.08. The monoisotopic (exact) mass is 424 g/mol. The fourth-order valence-electron chi connectivity index (χ4n) is 2.93. The fraction of sp³-hybridized carbons (Fsp3) is 0.208. The minimum absolute atomic E-state index is 0.0941. The molecule has 2 N–H and O–H groups in total. The van der Waals surface area contributed by atoms with Crippen LogP contribution in [0.15, 0.2) is 66.7 Å². The standard InChI is InChI=1S/C24H25ClN2O3/c1-3-29-23-14-19(15-26-20-9-11-21(12-10-20)27-17(2)28)13-22(25)24(23)30-16-18-7-5-4-6-8-18/h4-14,26H,3,15-16H2,1-2H3,(H,27,28). The maximum Gasteiger partial charge on any atom is 0.221 e. The molecule has 3 aromatic rings. The Morgan fingerprint density at radius 2 is 1.63 bits per heavy atom. The van der Waals surface area contributed by atoms with Crippen LogP contribution in [-0.4, -0.2) is 12.5 Å². The van der Waals surface area contributed by atoms with E-state index in [4.69, 9.17) is 21.1 Å². The highest BCUT2D eigenvalue weighted by molar-refractivity contribution is 6.32. The zero-order valence-corrected chi connectivity index (χ0v) is 17.8. The first kappa shape index (κ1) is 21.5. The Labute approximate surface area is 182 Å². The van der Waals surface area contributed by atoms with Crippen molar-refractivity contribution in [1.29, 1.82) is 0 Å². The van der Waals surface area contributed by atoms with Crippen LogP contribution in [0.2, 0.25) is 5.02 Å². The summed E-state index contributed by atoms with van der Waals surface area (Å²) in [5.41, 5.74) is 3.73. The molecule has 6 heteroatoms. The smallest absolute Gasteiger partial charge is 0.221 e. The molecule has 3 rings (SSSR count). The lowest BCUT2D eigenvalue weighted by Crippen LogP contribution is -2.06. The molecule has 0 radical (unpaired) electrons. The molecule has 156 valence electrons. The van der Waals surface area contributed by atoms with Crippen molar-refractivity contribution in [1.82, 2.24) is 0 Å². The number of nitrogens with one attached hydrogen (secondary N) is 2. The van der Waals surface area contributed by atoms with Gasteiger partial charge in [-0.2, -0.15) is 0 Å². The van der Waals surface area contributed by atoms with E-state index >= 15 is 0 Å². The molecule has 0 bridgehead atoms. The molecule has 1 amide bonds. The lowest BCUT2D eigenvalue weighted by Gasteiger charge is -2.16. The van der Waals surface area contributed by atoms with Gasteiger partial charge in [0.25, 0.3) is 0 Å². The molecule has 0 aliphatic rings. The SMILES string of the molecule is CCOc1cc(CNc2ccc(NC(C)=O)cc2)cc(Cl)c1OCc1ccccc1. The Balaban J connectivity index is 1.68. The first-order valence-electron chi connectivity index (χ1n) is 9.78. The average Bonchev–Trinajstić information content (AvgIpc) is 2.73. The highest BCUT2D eigenvalue weighted by atomic mass is 35.5. The summed E-state index contributed by atoms with van der Waals surface area (Å²) >= 11 is 6.51. The van der Waals surface area contributed by atoms with Crippen LogP contribution in [-0.2, 0) is 17.9 Å². The van der Waals surface area contributed by atoms with Crippen LogP contribution in [0.25, 0.3) is 0 Å². The largest absolute Gasteiger partial charge is 0.490 e. The minimum Gasteiger partial charge on any atom is -0.490 e. The third-order valence-corrected chi connectivity index (χ3v) is 4.58. The van der Waals surface area contributed by atoms with Gasteiger partial charge in [-0.25, -0.2) is 0 Å². The molecule has 3 aromatic carbocycles. The minimum atomic E-state index is -0.0941. The molecule has 0 aliphatic carbocycles. The van der Waals surface area contributed by atoms with E-state index in [-0.39, 0.29) is 5.91 Å². The molecule has 0 saturated heterocycles. The van der Waals surface area contributed by atoms with Crippen LogP contribution in [0.4, 0.5) is 11.4 Å². The van der Waals surface area contributed by atoms with Gasteiger partial charge in [-0.15, -0.1) is 0 Å². The van der Waals surface area contributed by atoms with Crippen molar-refractivity contribution in [3.63, 3.8) is 0 Å². The van der Waals surface area contributed by atoms with Gasteiger partial charge in [0.1, 0.15) is 6.61 Å². The summed E-state index contributed by atoms with van der Waals surface area (Å²) in [6, 6.07) is 21.3. The predicted molar refractivity (Wildman–Crippen MR) is 121 cm³/mol. The third-order valence-electron chi connectivity index (χ3n) is 4.30. The Bertz CT molecular complexity index is 976. The van der Waals surface area contributed by atoms with Crippen LogP contribution in [0.1, 0.15) is 25.0 Å². The van der Waals surface area contributed by atoms with Gasteiger partial charge in [-0.05, 0) is 54.4 Å². The molecule has 0 saturated carbocycles. The van der Waals surface area contributed by atoms with E-state index in [0.29, 0.717) is 36.3 Å². The van der Waals surface area contributed by atoms with E-state index in [1.165, 1.54) is 6.92 Å². The second-order valence-corrected chi connectivity index (χ2v) is 7.13. The molecule has 0 heterocycles. The maximum absolute atomic E-state index is 11.1. The molecule has 30 heavy (non-hydrogen) atoms. The summed E-state index contributed by atoms with van der Waals surface area (Å²) in [6.45, 7) is 4.91. The van der Waals surface area contributed by atoms with Crippen LogP contribution in [0, 0.1) is 0 Å². The van der Waals surface area contributed by atoms with Gasteiger partial charge in [0, 0.05) is 24.8 Å². The van der Waals surface area contributed by atoms with E-state index in [1.807, 2.05) is 73.7 Å². The quantitative estimate of drug-likeness (QED) is 0.449. The Kier molecular flexibility index (Phi) is 7.57. The third kappa shape index (κ3) is 6.16. The number of halogens is 1. The van der Waals surface area contributed by atoms with Gasteiger partial charge < -0.3 is 20.1 Å². The first-order valence-corrected chi connectivity index (χ1v) is 10.2. The molecular formula is C24H25ClN2O3. The Hall–Kier alpha value is -3.18. The Morgan fingerprint density at radius 3 is 2.30 bits per heavy atom. The van der Waals surface area contributed by atoms with Crippen molar-refractivity contribution in [3.8, 4) is 11.5 Å². The molecule has 0 aliphatic heterocycles. The van der Waals surface area contributed by atoms with Crippen LogP contribution in [0.3, 0.4) is 0 Å². The van der Waals surface area contributed by atoms with Gasteiger partial charge in [-0.1, -0.05) is 41.9 Å². The van der Waals surface area contributed by atoms with Crippen molar-refractivity contribution in [2.24, 2.45) is 0 Å². The zero-order valence-electron chi connectivity index (χ0n) is 17.1. The summed E-state index contributed by atoms with van der Waals surface area (Å²) in [5, 5.41) is 6.61. The summed E-state index contributed by atoms with van der Waals surface area (Å²) < 4.78 is 11.7. The highest BCUT2D eigenvalue weighted by Gasteiger charge is 2.13. The highest BCUT2D eigenvalue weighted by Crippen LogP contribution is 2.37. The van der Waals surface area contributed by atoms with Gasteiger partial charge >= 0.3 is 0 Å². The number of hydrogen-bond acceptors (Lipinski definition) is 4. The number of ether oxygens (including phenoxy) is 2. The van der Waals surface area contributed by atoms with E-state index in [2.05, 4.69) is 10.6 Å². The van der Waals surface area contributed by atoms with Crippen molar-refractivity contribution >= 4 is 28.9 Å². The first-order chi connectivity index (χ1) is 14.5. The second kappa shape index (κ2) is 10.6. The maximum atomic E-state index is 11.1. The van der Waals surface area contributed by atoms with Crippen molar-refractivity contribution in [2.75, 3.05) is 17.2 Å². The van der Waals surface area contributed by atoms with E-state index < -0.39 is 0 Å². The number of benzene rings is 3. The molecular weight excluding hydrogens is 400 g/mol. The van der Waals surface area contributed by atoms with Crippen molar-refractivity contribution in [2.45, 2.75) is 27.0 Å². The van der Waals surface area contributed by atoms with Gasteiger partial charge in [0.05, 0.1) is 11.6 Å². The number of amides is 1. The fourth-order valence-corrected chi connectivity index (χ4v) is 3.22. The number of carbonyl (C=O) groups excluding carboxylic acids is 1. The number of rotatable bonds is 9. The Morgan fingerprint density at radius 1 is 0.933 bits per heavy atom. The van der Waals surface area contributed by atoms with Crippen LogP contribution >= 0.6 is 11.6 Å². The molecule has 5 nitrogen and oxygen atoms in total. The van der Waals surface area contributed by atoms with Gasteiger partial charge in [0.2, 0.25) is 5.91 Å². The van der Waals surface area contributed by atoms with E-state index in [9.17, 15) is 4.79 Å². The molecule has 0 spiro atoms. The molecule has 0 fully saturated rings. The predicted octanol–water partition coefficient (Wildman–Crippen LogP) is 5.89. The molecule has 0 atom stereocenters. The van der Waals surface area contributed by atoms with Crippen LogP contribution in [0.5, 0.6) is 11.5 Å². The topological polar surface area (TPSA) is 59.6 Å². The zero-order chi connectivity index (χ0) is 21.3. The van der Waals surface area contributed by atoms with E-state index in [0.717, 1.165) is 22.5 Å². The average molecular weight is 425 g/mol. The molecule has 0 unspecified atom stereocenters. The van der Waals surface area contributed by atoms with E-state index in [1.54, 1.807) is 0 Å². The van der Waals surface area contributed by atoms with Gasteiger partial charge in [-0.3, -0.25) is 4.79 Å². The normalized spacial score (nSPS) is 10.4. The van der Waals surface area contributed by atoms with Crippen LogP contribution < -0.4 is 20.1 Å². The second-order valence-electron chi connectivity index (χ2n) is 6.72. The summed E-state index contributed by atoms with van der Waals surface area (Å²) in [6.07, 6.45) is 0. The number of hydrogen-bond donors (Lipinski definition) is 2. The molecule has 0 aromatic heterocycles. The van der Waals surface area contributed by atoms with Crippen molar-refractivity contribution < 1.29 is 14.3 Å². The van der Waals surface area contributed by atoms with Crippen molar-refractivity contribution in [3.05, 3.63) is 82.9 Å². The number of anilines is 2. The summed E-state index contributed by atoms with van der Waals surface area (Å²) in [4.78, 5) is 11.1. The number of carbonyl (C=O) groups is 1. The lowest BCUT2D eigenvalue weighted by atomic mass is 10.2. The lowest BCUT2D eigenvalue weighted by molar-refractivity contribution is -0.114. The summed E-state index contributed by atoms with van der Waals surface area (Å²) in [7, 11) is 0.